The van der Waals surface area contributed by atoms with Gasteiger partial charge in [-0.15, -0.1) is 0 Å². The van der Waals surface area contributed by atoms with Crippen LogP contribution in [0.4, 0.5) is 4.39 Å². The van der Waals surface area contributed by atoms with Crippen LogP contribution in [0.1, 0.15) is 19.4 Å². The van der Waals surface area contributed by atoms with Crippen molar-refractivity contribution in [3.05, 3.63) is 41.4 Å². The van der Waals surface area contributed by atoms with Crippen molar-refractivity contribution in [2.24, 2.45) is 11.3 Å². The minimum Gasteiger partial charge on any atom is -0.481 e. The first-order valence-corrected chi connectivity index (χ1v) is 6.78. The predicted molar refractivity (Wildman–Crippen MR) is 79.3 cm³/mol. The number of aliphatic carboxylic acids is 2. The molecule has 0 aromatic carbocycles. The van der Waals surface area contributed by atoms with E-state index in [1.165, 1.54) is 39.2 Å². The Bertz CT molecular complexity index is 740. The summed E-state index contributed by atoms with van der Waals surface area (Å²) in [5.74, 6) is -4.32. The first kappa shape index (κ1) is 16.7. The zero-order valence-corrected chi connectivity index (χ0v) is 12.8. The van der Waals surface area contributed by atoms with Crippen LogP contribution in [0.5, 0.6) is 5.88 Å². The second kappa shape index (κ2) is 5.83. The van der Waals surface area contributed by atoms with Gasteiger partial charge in [-0.1, -0.05) is 12.2 Å². The standard InChI is InChI=1S/C16H16FNO5/c1-8-9(10-6-12(23-3)18-7-11(10)17)4-5-16(2,15(21)22)13(8)14(19)20/h4-7,13H,1-3H3,(H,19,20)(H,21,22). The maximum absolute atomic E-state index is 14.1. The van der Waals surface area contributed by atoms with Gasteiger partial charge in [-0.25, -0.2) is 9.37 Å². The molecule has 2 N–H and O–H groups in total. The van der Waals surface area contributed by atoms with Crippen molar-refractivity contribution < 1.29 is 28.9 Å². The van der Waals surface area contributed by atoms with Crippen molar-refractivity contribution >= 4 is 17.5 Å². The molecule has 1 aliphatic rings. The highest BCUT2D eigenvalue weighted by atomic mass is 19.1. The fourth-order valence-electron chi connectivity index (χ4n) is 2.77. The summed E-state index contributed by atoms with van der Waals surface area (Å²) in [6.45, 7) is 2.82. The van der Waals surface area contributed by atoms with Gasteiger partial charge in [-0.2, -0.15) is 0 Å². The molecule has 0 fully saturated rings. The van der Waals surface area contributed by atoms with Crippen LogP contribution in [0.25, 0.3) is 5.57 Å². The summed E-state index contributed by atoms with van der Waals surface area (Å²) in [5.41, 5.74) is -0.914. The Balaban J connectivity index is 2.65. The van der Waals surface area contributed by atoms with Gasteiger partial charge >= 0.3 is 11.9 Å². The number of carbonyl (C=O) groups is 2. The lowest BCUT2D eigenvalue weighted by atomic mass is 9.68. The van der Waals surface area contributed by atoms with Crippen LogP contribution in [0.15, 0.2) is 30.0 Å². The number of pyridine rings is 1. The van der Waals surface area contributed by atoms with Gasteiger partial charge in [-0.3, -0.25) is 9.59 Å². The fourth-order valence-corrected chi connectivity index (χ4v) is 2.77. The predicted octanol–water partition coefficient (Wildman–Crippen LogP) is 2.36. The second-order valence-corrected chi connectivity index (χ2v) is 5.50. The van der Waals surface area contributed by atoms with Crippen LogP contribution in [-0.2, 0) is 9.59 Å². The third-order valence-corrected chi connectivity index (χ3v) is 4.09. The number of rotatable bonds is 4. The zero-order chi connectivity index (χ0) is 17.4. The van der Waals surface area contributed by atoms with Gasteiger partial charge in [0.15, 0.2) is 0 Å². The highest BCUT2D eigenvalue weighted by molar-refractivity contribution is 5.93. The van der Waals surface area contributed by atoms with Crippen LogP contribution in [0.3, 0.4) is 0 Å². The number of nitrogens with zero attached hydrogens (tertiary/aromatic N) is 1. The number of carboxylic acid groups (broad SMARTS) is 2. The Morgan fingerprint density at radius 1 is 1.39 bits per heavy atom. The molecular weight excluding hydrogens is 305 g/mol. The van der Waals surface area contributed by atoms with E-state index in [1.807, 2.05) is 0 Å². The lowest BCUT2D eigenvalue weighted by Gasteiger charge is -2.33. The van der Waals surface area contributed by atoms with E-state index in [4.69, 9.17) is 4.74 Å². The van der Waals surface area contributed by atoms with E-state index in [-0.39, 0.29) is 17.0 Å². The molecule has 2 atom stereocenters. The van der Waals surface area contributed by atoms with Crippen molar-refractivity contribution in [1.82, 2.24) is 4.98 Å². The van der Waals surface area contributed by atoms with Gasteiger partial charge in [0, 0.05) is 11.6 Å². The molecule has 2 unspecified atom stereocenters. The van der Waals surface area contributed by atoms with Crippen molar-refractivity contribution in [2.45, 2.75) is 13.8 Å². The minimum atomic E-state index is -1.60. The van der Waals surface area contributed by atoms with E-state index in [1.54, 1.807) is 0 Å². The quantitative estimate of drug-likeness (QED) is 0.883. The Morgan fingerprint density at radius 2 is 2.04 bits per heavy atom. The van der Waals surface area contributed by atoms with E-state index in [0.717, 1.165) is 6.20 Å². The van der Waals surface area contributed by atoms with Crippen molar-refractivity contribution in [3.8, 4) is 5.88 Å². The van der Waals surface area contributed by atoms with Crippen molar-refractivity contribution in [1.29, 1.82) is 0 Å². The summed E-state index contributed by atoms with van der Waals surface area (Å²) < 4.78 is 19.0. The molecule has 0 aliphatic heterocycles. The highest BCUT2D eigenvalue weighted by Gasteiger charge is 2.47. The Hall–Kier alpha value is -2.70. The maximum Gasteiger partial charge on any atom is 0.314 e. The van der Waals surface area contributed by atoms with Gasteiger partial charge in [-0.05, 0) is 25.0 Å². The van der Waals surface area contributed by atoms with Crippen LogP contribution < -0.4 is 4.74 Å². The summed E-state index contributed by atoms with van der Waals surface area (Å²) in [5, 5.41) is 18.9. The van der Waals surface area contributed by atoms with Crippen LogP contribution >= 0.6 is 0 Å². The van der Waals surface area contributed by atoms with Crippen molar-refractivity contribution in [3.63, 3.8) is 0 Å². The first-order chi connectivity index (χ1) is 10.7. The van der Waals surface area contributed by atoms with Gasteiger partial charge < -0.3 is 14.9 Å². The molecule has 6 nitrogen and oxygen atoms in total. The topological polar surface area (TPSA) is 96.7 Å². The highest BCUT2D eigenvalue weighted by Crippen LogP contribution is 2.43. The number of hydrogen-bond acceptors (Lipinski definition) is 4. The number of halogens is 1. The summed E-state index contributed by atoms with van der Waals surface area (Å²) in [4.78, 5) is 26.8. The number of carboxylic acids is 2. The molecule has 0 bridgehead atoms. The van der Waals surface area contributed by atoms with Gasteiger partial charge in [0.1, 0.15) is 11.2 Å². The smallest absolute Gasteiger partial charge is 0.314 e. The van der Waals surface area contributed by atoms with Gasteiger partial charge in [0.05, 0.1) is 19.2 Å². The summed E-state index contributed by atoms with van der Waals surface area (Å²) >= 11 is 0. The molecule has 0 saturated heterocycles. The largest absolute Gasteiger partial charge is 0.481 e. The maximum atomic E-state index is 14.1. The molecule has 122 valence electrons. The van der Waals surface area contributed by atoms with E-state index in [2.05, 4.69) is 4.98 Å². The van der Waals surface area contributed by atoms with Gasteiger partial charge in [0.25, 0.3) is 0 Å². The summed E-state index contributed by atoms with van der Waals surface area (Å²) in [6, 6.07) is 1.35. The Kier molecular flexibility index (Phi) is 4.22. The molecule has 0 amide bonds. The molecule has 2 rings (SSSR count). The molecule has 1 aromatic heterocycles. The minimum absolute atomic E-state index is 0.115. The number of methoxy groups -OCH3 is 1. The average molecular weight is 321 g/mol. The summed E-state index contributed by atoms with van der Waals surface area (Å²) in [6.07, 6.45) is 3.69. The Morgan fingerprint density at radius 3 is 2.57 bits per heavy atom. The molecule has 1 aliphatic carbocycles. The van der Waals surface area contributed by atoms with E-state index < -0.39 is 29.1 Å². The number of aromatic nitrogens is 1. The normalized spacial score (nSPS) is 23.7. The average Bonchev–Trinajstić information content (AvgIpc) is 2.48. The van der Waals surface area contributed by atoms with E-state index in [0.29, 0.717) is 5.57 Å². The second-order valence-electron chi connectivity index (χ2n) is 5.50. The van der Waals surface area contributed by atoms with E-state index >= 15 is 0 Å². The molecule has 7 heteroatoms. The third kappa shape index (κ3) is 2.69. The lowest BCUT2D eigenvalue weighted by molar-refractivity contribution is -0.156. The SMILES string of the molecule is COc1cc(C2=C(C)C(C(=O)O)C(C)(C(=O)O)C=C2)c(F)cn1. The monoisotopic (exact) mass is 321 g/mol. The fraction of sp³-hybridized carbons (Fsp3) is 0.312. The van der Waals surface area contributed by atoms with Crippen molar-refractivity contribution in [2.75, 3.05) is 7.11 Å². The van der Waals surface area contributed by atoms with Gasteiger partial charge in [0.2, 0.25) is 5.88 Å². The Labute approximate surface area is 131 Å². The molecule has 23 heavy (non-hydrogen) atoms. The number of hydrogen-bond donors (Lipinski definition) is 2. The van der Waals surface area contributed by atoms with Crippen LogP contribution in [0, 0.1) is 17.2 Å². The van der Waals surface area contributed by atoms with E-state index in [9.17, 15) is 24.2 Å². The lowest BCUT2D eigenvalue weighted by Crippen LogP contribution is -2.41. The molecule has 0 saturated carbocycles. The third-order valence-electron chi connectivity index (χ3n) is 4.09. The molecule has 0 spiro atoms. The summed E-state index contributed by atoms with van der Waals surface area (Å²) in [7, 11) is 1.38. The number of ether oxygens (including phenoxy) is 1. The van der Waals surface area contributed by atoms with Crippen LogP contribution in [0.2, 0.25) is 0 Å². The molecule has 0 radical (unpaired) electrons. The molecule has 1 heterocycles. The molecular formula is C16H16FNO5. The number of allylic oxidation sites excluding steroid dienone is 2. The first-order valence-electron chi connectivity index (χ1n) is 6.78. The molecule has 1 aromatic rings. The zero-order valence-electron chi connectivity index (χ0n) is 12.8. The van der Waals surface area contributed by atoms with Crippen LogP contribution in [-0.4, -0.2) is 34.2 Å².